The number of aliphatic imine (C=N–C) groups is 1. The molecule has 2 heterocycles. The van der Waals surface area contributed by atoms with E-state index in [4.69, 9.17) is 4.99 Å². The lowest BCUT2D eigenvalue weighted by molar-refractivity contribution is -0.0205. The Hall–Kier alpha value is -4.17. The van der Waals surface area contributed by atoms with Crippen molar-refractivity contribution >= 4 is 45.0 Å². The minimum atomic E-state index is 0.464. The van der Waals surface area contributed by atoms with Gasteiger partial charge in [0.2, 0.25) is 0 Å². The average molecular weight is 1140 g/mol. The second-order valence-corrected chi connectivity index (χ2v) is 33.5. The molecule has 4 N–H and O–H groups in total. The zero-order valence-corrected chi connectivity index (χ0v) is 51.5. The number of rotatable bonds is 12. The van der Waals surface area contributed by atoms with Gasteiger partial charge in [0.05, 0.1) is 5.69 Å². The van der Waals surface area contributed by atoms with Gasteiger partial charge in [0.15, 0.2) is 0 Å². The fourth-order valence-electron chi connectivity index (χ4n) is 23.8. The van der Waals surface area contributed by atoms with Crippen molar-refractivity contribution in [1.29, 1.82) is 0 Å². The van der Waals surface area contributed by atoms with Crippen LogP contribution in [0.5, 0.6) is 0 Å². The summed E-state index contributed by atoms with van der Waals surface area (Å²) in [7, 11) is 0. The molecule has 4 aromatic carbocycles. The van der Waals surface area contributed by atoms with Crippen molar-refractivity contribution < 1.29 is 0 Å². The molecular weight excluding hydrogens is 1040 g/mol. The smallest absolute Gasteiger partial charge is 0.0665 e. The molecule has 84 heavy (non-hydrogen) atoms. The molecule has 0 saturated heterocycles. The molecular formula is C78H97N5S. The van der Waals surface area contributed by atoms with Gasteiger partial charge in [-0.15, -0.1) is 11.3 Å². The Morgan fingerprint density at radius 2 is 0.702 bits per heavy atom. The summed E-state index contributed by atoms with van der Waals surface area (Å²) >= 11 is 1.96. The van der Waals surface area contributed by atoms with Gasteiger partial charge in [-0.05, 0) is 289 Å². The van der Waals surface area contributed by atoms with E-state index in [1.54, 1.807) is 11.1 Å². The third-order valence-corrected chi connectivity index (χ3v) is 26.8. The van der Waals surface area contributed by atoms with Crippen molar-refractivity contribution in [2.75, 3.05) is 19.6 Å². The first-order valence-corrected chi connectivity index (χ1v) is 35.6. The van der Waals surface area contributed by atoms with Gasteiger partial charge >= 0.3 is 0 Å². The van der Waals surface area contributed by atoms with Gasteiger partial charge in [-0.2, -0.15) is 0 Å². The lowest BCUT2D eigenvalue weighted by atomic mass is 9.53. The highest BCUT2D eigenvalue weighted by Crippen LogP contribution is 2.59. The molecule has 0 atom stereocenters. The van der Waals surface area contributed by atoms with Crippen molar-refractivity contribution in [2.45, 2.75) is 202 Å². The summed E-state index contributed by atoms with van der Waals surface area (Å²) in [5.41, 5.74) is 15.0. The van der Waals surface area contributed by atoms with Crippen LogP contribution in [0, 0.1) is 71.0 Å². The molecule has 19 aliphatic rings. The highest BCUT2D eigenvalue weighted by atomic mass is 32.1. The molecule has 6 heteroatoms. The van der Waals surface area contributed by atoms with Crippen LogP contribution < -0.4 is 21.3 Å². The molecule has 0 amide bonds. The zero-order valence-electron chi connectivity index (χ0n) is 50.7. The van der Waals surface area contributed by atoms with Crippen molar-refractivity contribution in [3.63, 3.8) is 0 Å². The first-order valence-electron chi connectivity index (χ1n) is 34.8. The molecule has 0 unspecified atom stereocenters. The molecule has 1 aromatic heterocycles. The van der Waals surface area contributed by atoms with E-state index in [1.807, 2.05) is 11.3 Å². The second-order valence-electron chi connectivity index (χ2n) is 32.3. The van der Waals surface area contributed by atoms with Crippen LogP contribution in [0.2, 0.25) is 0 Å². The van der Waals surface area contributed by atoms with Crippen molar-refractivity contribution in [2.24, 2.45) is 76.0 Å². The molecule has 1 aliphatic heterocycles. The third kappa shape index (κ3) is 11.1. The minimum absolute atomic E-state index is 0.464. The van der Waals surface area contributed by atoms with E-state index >= 15 is 0 Å². The van der Waals surface area contributed by atoms with E-state index in [0.717, 1.165) is 116 Å². The number of para-hydroxylation sites is 1. The monoisotopic (exact) mass is 1140 g/mol. The zero-order chi connectivity index (χ0) is 55.5. The normalized spacial score (nSPS) is 38.9. The quantitative estimate of drug-likeness (QED) is 0.101. The number of nitrogens with zero attached hydrogens (tertiary/aromatic N) is 1. The Morgan fingerprint density at radius 1 is 0.357 bits per heavy atom. The van der Waals surface area contributed by atoms with E-state index in [0.29, 0.717) is 22.2 Å². The van der Waals surface area contributed by atoms with Crippen LogP contribution in [0.4, 0.5) is 5.69 Å². The number of hydrogen-bond acceptors (Lipinski definition) is 6. The summed E-state index contributed by atoms with van der Waals surface area (Å²) in [6.07, 6.45) is 44.0. The van der Waals surface area contributed by atoms with Crippen LogP contribution in [0.25, 0.3) is 22.2 Å². The lowest BCUT2D eigenvalue weighted by Gasteiger charge is -2.57. The van der Waals surface area contributed by atoms with Crippen LogP contribution in [0.15, 0.2) is 119 Å². The molecule has 16 fully saturated rings. The van der Waals surface area contributed by atoms with Gasteiger partial charge in [-0.25, -0.2) is 0 Å². The van der Waals surface area contributed by atoms with Gasteiger partial charge in [0.25, 0.3) is 0 Å². The Balaban J connectivity index is 0.0000000882. The maximum Gasteiger partial charge on any atom is 0.0665 e. The van der Waals surface area contributed by atoms with Gasteiger partial charge in [0, 0.05) is 70.0 Å². The summed E-state index contributed by atoms with van der Waals surface area (Å²) in [6, 6.07) is 37.5. The topological polar surface area (TPSA) is 60.5 Å². The van der Waals surface area contributed by atoms with Gasteiger partial charge in [-0.1, -0.05) is 108 Å². The highest BCUT2D eigenvalue weighted by molar-refractivity contribution is 7.19. The summed E-state index contributed by atoms with van der Waals surface area (Å²) in [5.74, 6) is 12.4. The van der Waals surface area contributed by atoms with Gasteiger partial charge < -0.3 is 21.3 Å². The van der Waals surface area contributed by atoms with E-state index in [9.17, 15) is 0 Å². The second kappa shape index (κ2) is 21.9. The molecule has 5 aromatic rings. The van der Waals surface area contributed by atoms with Gasteiger partial charge in [-0.3, -0.25) is 4.99 Å². The van der Waals surface area contributed by atoms with Crippen LogP contribution in [-0.2, 0) is 25.8 Å². The Labute approximate surface area is 508 Å². The minimum Gasteiger partial charge on any atom is -0.307 e. The summed E-state index contributed by atoms with van der Waals surface area (Å²) < 4.78 is 1.43. The maximum absolute atomic E-state index is 4.82. The number of fused-ring (bicyclic) bond motifs is 4. The maximum atomic E-state index is 4.82. The average Bonchev–Trinajstić information content (AvgIpc) is 3.11. The third-order valence-electron chi connectivity index (χ3n) is 25.6. The van der Waals surface area contributed by atoms with E-state index < -0.39 is 0 Å². The Bertz CT molecular complexity index is 2920. The largest absolute Gasteiger partial charge is 0.307 e. The first-order chi connectivity index (χ1) is 41.1. The number of benzene rings is 4. The van der Waals surface area contributed by atoms with Crippen LogP contribution in [0.3, 0.4) is 0 Å². The van der Waals surface area contributed by atoms with Crippen molar-refractivity contribution in [1.82, 2.24) is 21.3 Å². The first kappa shape index (κ1) is 54.0. The number of nitrogens with one attached hydrogen (secondary N) is 4. The Kier molecular flexibility index (Phi) is 14.1. The standard InChI is InChI=1S/2C20H25N.C19H24N2.C19H23NS/c2*1-2-4-19-9-17(8-18(19)3-1)13-21-20-10-14-5-15(11-20)7-16(6-14)12-20;2*1-2-4-18-16(3-1)8-17(21-18)12-20-19-9-13-5-14(10-19)7-15(6-13)11-19/h2*1-4,8,14-16,21H,5-7,9-13H2;1-4,13-15,20H,5-12H2;1-4,8,13-15,20H,5-7,9-12H2. The van der Waals surface area contributed by atoms with E-state index in [-0.39, 0.29) is 0 Å². The van der Waals surface area contributed by atoms with Gasteiger partial charge in [0.1, 0.15) is 0 Å². The number of hydrogen-bond donors (Lipinski definition) is 4. The van der Waals surface area contributed by atoms with E-state index in [2.05, 4.69) is 137 Å². The molecule has 0 radical (unpaired) electrons. The fourth-order valence-corrected chi connectivity index (χ4v) is 24.8. The highest BCUT2D eigenvalue weighted by Gasteiger charge is 2.54. The van der Waals surface area contributed by atoms with Crippen LogP contribution >= 0.6 is 11.3 Å². The molecule has 24 rings (SSSR count). The predicted molar refractivity (Wildman–Crippen MR) is 350 cm³/mol. The SMILES string of the molecule is C1=C(CNC23CC4CC(CC(C4)C2)C3)Cc2ccccc21.C1=C(CNC23CC4CC(CC(C4)C2)C3)Cc2ccccc21.c1ccc2c(c1)CC(CNC13CC4CC(CC(C4)C1)C3)=N2.c1ccc2sc(CNC34CC5CC(CC(C5)C3)C4)cc2c1. The van der Waals surface area contributed by atoms with Crippen molar-refractivity contribution in [3.05, 3.63) is 147 Å². The van der Waals surface area contributed by atoms with Crippen molar-refractivity contribution in [3.8, 4) is 0 Å². The molecule has 18 aliphatic carbocycles. The molecule has 440 valence electrons. The van der Waals surface area contributed by atoms with E-state index in [1.165, 1.54) is 208 Å². The summed E-state index contributed by atoms with van der Waals surface area (Å²) in [5, 5.41) is 17.5. The molecule has 0 spiro atoms. The molecule has 16 saturated carbocycles. The predicted octanol–water partition coefficient (Wildman–Crippen LogP) is 17.2. The molecule has 5 nitrogen and oxygen atoms in total. The summed E-state index contributed by atoms with van der Waals surface area (Å²) in [6.45, 7) is 4.30. The fraction of sp³-hybridized carbons (Fsp3) is 0.603. The van der Waals surface area contributed by atoms with Crippen LogP contribution in [0.1, 0.15) is 187 Å². The van der Waals surface area contributed by atoms with Crippen LogP contribution in [-0.4, -0.2) is 47.5 Å². The Morgan fingerprint density at radius 3 is 1.10 bits per heavy atom. The number of thiophene rings is 1. The lowest BCUT2D eigenvalue weighted by Crippen LogP contribution is -2.59. The summed E-state index contributed by atoms with van der Waals surface area (Å²) in [4.78, 5) is 6.33. The molecule has 16 bridgehead atoms.